The monoisotopic (exact) mass is 307 g/mol. The van der Waals surface area contributed by atoms with Gasteiger partial charge in [0.1, 0.15) is 0 Å². The van der Waals surface area contributed by atoms with E-state index in [1.54, 1.807) is 14.1 Å². The molecule has 0 saturated heterocycles. The quantitative estimate of drug-likeness (QED) is 0.912. The molecule has 1 N–H and O–H groups in total. The average molecular weight is 307 g/mol. The summed E-state index contributed by atoms with van der Waals surface area (Å²) in [5, 5.41) is 1.22. The Hall–Kier alpha value is -1.37. The second kappa shape index (κ2) is 4.83. The Kier molecular flexibility index (Phi) is 3.35. The molecule has 6 heteroatoms. The molecule has 1 heterocycles. The Morgan fingerprint density at radius 2 is 1.95 bits per heavy atom. The minimum Gasteiger partial charge on any atom is -0.350 e. The van der Waals surface area contributed by atoms with Gasteiger partial charge < -0.3 is 4.57 Å². The summed E-state index contributed by atoms with van der Waals surface area (Å²) >= 11 is 0. The van der Waals surface area contributed by atoms with Gasteiger partial charge in [-0.25, -0.2) is 4.72 Å². The van der Waals surface area contributed by atoms with Crippen LogP contribution in [0.25, 0.3) is 10.9 Å². The second-order valence-electron chi connectivity index (χ2n) is 6.06. The Balaban J connectivity index is 1.92. The van der Waals surface area contributed by atoms with Gasteiger partial charge in [-0.2, -0.15) is 12.7 Å². The fraction of sp³-hybridized carbons (Fsp3) is 0.467. The Morgan fingerprint density at radius 1 is 1.29 bits per heavy atom. The molecule has 1 aliphatic carbocycles. The van der Waals surface area contributed by atoms with Crippen LogP contribution in [0.5, 0.6) is 0 Å². The number of nitrogens with one attached hydrogen (secondary N) is 1. The molecule has 0 bridgehead atoms. The molecule has 0 atom stereocenters. The topological polar surface area (TPSA) is 54.3 Å². The predicted octanol–water partition coefficient (Wildman–Crippen LogP) is 1.61. The highest BCUT2D eigenvalue weighted by molar-refractivity contribution is 7.87. The normalized spacial score (nSPS) is 17.5. The SMILES string of the molecule is CN(C)S(=O)(=O)NCC1(c2cn(C)c3ccccc23)CC1. The first-order valence-electron chi connectivity index (χ1n) is 7.07. The van der Waals surface area contributed by atoms with Crippen LogP contribution in [0, 0.1) is 0 Å². The molecule has 2 aromatic rings. The zero-order chi connectivity index (χ0) is 15.3. The van der Waals surface area contributed by atoms with E-state index in [4.69, 9.17) is 0 Å². The van der Waals surface area contributed by atoms with Gasteiger partial charge in [-0.3, -0.25) is 0 Å². The Bertz CT molecular complexity index is 773. The van der Waals surface area contributed by atoms with Gasteiger partial charge in [-0.1, -0.05) is 18.2 Å². The first-order chi connectivity index (χ1) is 9.86. The lowest BCUT2D eigenvalue weighted by Gasteiger charge is -2.18. The number of benzene rings is 1. The third-order valence-corrected chi connectivity index (χ3v) is 5.87. The van der Waals surface area contributed by atoms with Crippen LogP contribution in [-0.2, 0) is 22.7 Å². The third-order valence-electron chi connectivity index (χ3n) is 4.40. The van der Waals surface area contributed by atoms with Gasteiger partial charge in [-0.15, -0.1) is 0 Å². The molecule has 0 radical (unpaired) electrons. The van der Waals surface area contributed by atoms with Crippen molar-refractivity contribution in [2.24, 2.45) is 7.05 Å². The van der Waals surface area contributed by atoms with Gasteiger partial charge in [0.2, 0.25) is 0 Å². The summed E-state index contributed by atoms with van der Waals surface area (Å²) in [6.45, 7) is 0.460. The Labute approximate surface area is 125 Å². The second-order valence-corrected chi connectivity index (χ2v) is 8.03. The summed E-state index contributed by atoms with van der Waals surface area (Å²) in [4.78, 5) is 0. The van der Waals surface area contributed by atoms with Gasteiger partial charge in [0.25, 0.3) is 10.2 Å². The van der Waals surface area contributed by atoms with Gasteiger partial charge >= 0.3 is 0 Å². The summed E-state index contributed by atoms with van der Waals surface area (Å²) in [6.07, 6.45) is 4.19. The van der Waals surface area contributed by atoms with Gasteiger partial charge in [0.05, 0.1) is 0 Å². The molecule has 0 aliphatic heterocycles. The van der Waals surface area contributed by atoms with Gasteiger partial charge in [-0.05, 0) is 24.5 Å². The highest BCUT2D eigenvalue weighted by Gasteiger charge is 2.46. The highest BCUT2D eigenvalue weighted by atomic mass is 32.2. The van der Waals surface area contributed by atoms with Crippen molar-refractivity contribution in [2.45, 2.75) is 18.3 Å². The van der Waals surface area contributed by atoms with Crippen molar-refractivity contribution in [3.8, 4) is 0 Å². The fourth-order valence-corrected chi connectivity index (χ4v) is 3.53. The lowest BCUT2D eigenvalue weighted by molar-refractivity contribution is 0.498. The van der Waals surface area contributed by atoms with E-state index in [1.165, 1.54) is 20.8 Å². The molecule has 0 spiro atoms. The van der Waals surface area contributed by atoms with E-state index in [1.807, 2.05) is 19.2 Å². The van der Waals surface area contributed by atoms with Crippen molar-refractivity contribution in [3.05, 3.63) is 36.0 Å². The minimum absolute atomic E-state index is 0.0516. The van der Waals surface area contributed by atoms with Crippen LogP contribution < -0.4 is 4.72 Å². The molecule has 1 saturated carbocycles. The molecule has 1 aliphatic rings. The summed E-state index contributed by atoms with van der Waals surface area (Å²) in [5.41, 5.74) is 2.39. The average Bonchev–Trinajstić information content (AvgIpc) is 3.16. The first-order valence-corrected chi connectivity index (χ1v) is 8.51. The van der Waals surface area contributed by atoms with Gasteiger partial charge in [0.15, 0.2) is 0 Å². The molecule has 114 valence electrons. The van der Waals surface area contributed by atoms with Crippen molar-refractivity contribution in [3.63, 3.8) is 0 Å². The standard InChI is InChI=1S/C15H21N3O2S/c1-17(2)21(19,20)16-11-15(8-9-15)13-10-18(3)14-7-5-4-6-12(13)14/h4-7,10,16H,8-9,11H2,1-3H3. The van der Waals surface area contributed by atoms with Crippen molar-refractivity contribution < 1.29 is 8.42 Å². The highest BCUT2D eigenvalue weighted by Crippen LogP contribution is 2.50. The van der Waals surface area contributed by atoms with Crippen LogP contribution in [0.1, 0.15) is 18.4 Å². The molecule has 21 heavy (non-hydrogen) atoms. The summed E-state index contributed by atoms with van der Waals surface area (Å²) in [5.74, 6) is 0. The number of aryl methyl sites for hydroxylation is 1. The Morgan fingerprint density at radius 3 is 2.57 bits per heavy atom. The molecule has 1 fully saturated rings. The minimum atomic E-state index is -3.37. The maximum Gasteiger partial charge on any atom is 0.278 e. The maximum atomic E-state index is 11.9. The van der Waals surface area contributed by atoms with Crippen LogP contribution in [-0.4, -0.2) is 37.9 Å². The first kappa shape index (κ1) is 14.6. The largest absolute Gasteiger partial charge is 0.350 e. The van der Waals surface area contributed by atoms with E-state index < -0.39 is 10.2 Å². The third kappa shape index (κ3) is 2.47. The summed E-state index contributed by atoms with van der Waals surface area (Å²) in [6, 6.07) is 8.27. The van der Waals surface area contributed by atoms with Crippen molar-refractivity contribution in [2.75, 3.05) is 20.6 Å². The number of hydrogen-bond donors (Lipinski definition) is 1. The number of fused-ring (bicyclic) bond motifs is 1. The van der Waals surface area contributed by atoms with Crippen LogP contribution in [0.15, 0.2) is 30.5 Å². The van der Waals surface area contributed by atoms with Crippen molar-refractivity contribution in [1.29, 1.82) is 0 Å². The van der Waals surface area contributed by atoms with Gasteiger partial charge in [0, 0.05) is 50.2 Å². The van der Waals surface area contributed by atoms with E-state index in [0.717, 1.165) is 12.8 Å². The summed E-state index contributed by atoms with van der Waals surface area (Å²) < 4.78 is 29.9. The van der Waals surface area contributed by atoms with Crippen LogP contribution in [0.3, 0.4) is 0 Å². The predicted molar refractivity (Wildman–Crippen MR) is 84.4 cm³/mol. The lowest BCUT2D eigenvalue weighted by Crippen LogP contribution is -2.39. The van der Waals surface area contributed by atoms with E-state index >= 15 is 0 Å². The molecule has 1 aromatic carbocycles. The summed E-state index contributed by atoms with van der Waals surface area (Å²) in [7, 11) is 1.75. The molecule has 0 unspecified atom stereocenters. The number of aromatic nitrogens is 1. The molecule has 0 amide bonds. The molecule has 1 aromatic heterocycles. The zero-order valence-corrected chi connectivity index (χ0v) is 13.4. The van der Waals surface area contributed by atoms with Crippen molar-refractivity contribution in [1.82, 2.24) is 13.6 Å². The maximum absolute atomic E-state index is 11.9. The number of para-hydroxylation sites is 1. The molecule has 5 nitrogen and oxygen atoms in total. The van der Waals surface area contributed by atoms with Crippen LogP contribution in [0.2, 0.25) is 0 Å². The molecular formula is C15H21N3O2S. The van der Waals surface area contributed by atoms with E-state index in [-0.39, 0.29) is 5.41 Å². The number of rotatable bonds is 5. The van der Waals surface area contributed by atoms with Crippen LogP contribution >= 0.6 is 0 Å². The van der Waals surface area contributed by atoms with Crippen LogP contribution in [0.4, 0.5) is 0 Å². The van der Waals surface area contributed by atoms with Crippen molar-refractivity contribution >= 4 is 21.1 Å². The zero-order valence-electron chi connectivity index (χ0n) is 12.6. The smallest absolute Gasteiger partial charge is 0.278 e. The number of hydrogen-bond acceptors (Lipinski definition) is 2. The lowest BCUT2D eigenvalue weighted by atomic mass is 9.96. The number of nitrogens with zero attached hydrogens (tertiary/aromatic N) is 2. The molecule has 3 rings (SSSR count). The van der Waals surface area contributed by atoms with E-state index in [9.17, 15) is 8.42 Å². The van der Waals surface area contributed by atoms with E-state index in [2.05, 4.69) is 27.6 Å². The fourth-order valence-electron chi connectivity index (χ4n) is 2.81. The molecular weight excluding hydrogens is 286 g/mol. The van der Waals surface area contributed by atoms with E-state index in [0.29, 0.717) is 6.54 Å².